The number of aromatic nitrogens is 2. The van der Waals surface area contributed by atoms with Crippen molar-refractivity contribution < 1.29 is 9.90 Å². The standard InChI is InChI=1S/C21H27N7O2/c29-19-5-2-1-4-16(19)17-12-18-20(25-24-17)23-13-15-14-27(10-11-28(15)18)21(30)26-8-3-6-22-7-9-26/h1-2,4-5,12,15,22,29H,3,6-11,13-14H2,(H,23,25)/t15-/m0/s1. The van der Waals surface area contributed by atoms with Crippen molar-refractivity contribution in [1.82, 2.24) is 25.3 Å². The molecule has 2 saturated heterocycles. The molecule has 0 spiro atoms. The van der Waals surface area contributed by atoms with Crippen LogP contribution >= 0.6 is 0 Å². The van der Waals surface area contributed by atoms with Crippen molar-refractivity contribution >= 4 is 17.5 Å². The second-order valence-electron chi connectivity index (χ2n) is 8.03. The van der Waals surface area contributed by atoms with Gasteiger partial charge in [-0.1, -0.05) is 12.1 Å². The van der Waals surface area contributed by atoms with Gasteiger partial charge in [0.25, 0.3) is 0 Å². The van der Waals surface area contributed by atoms with Crippen molar-refractivity contribution in [2.24, 2.45) is 0 Å². The number of hydrogen-bond donors (Lipinski definition) is 3. The maximum absolute atomic E-state index is 13.0. The highest BCUT2D eigenvalue weighted by molar-refractivity contribution is 5.78. The van der Waals surface area contributed by atoms with Crippen molar-refractivity contribution in [1.29, 1.82) is 0 Å². The summed E-state index contributed by atoms with van der Waals surface area (Å²) in [6, 6.07) is 9.47. The average Bonchev–Trinajstić information content (AvgIpc) is 3.08. The highest BCUT2D eigenvalue weighted by Gasteiger charge is 2.35. The molecule has 30 heavy (non-hydrogen) atoms. The van der Waals surface area contributed by atoms with Crippen LogP contribution in [0.2, 0.25) is 0 Å². The molecule has 0 unspecified atom stereocenters. The largest absolute Gasteiger partial charge is 0.507 e. The summed E-state index contributed by atoms with van der Waals surface area (Å²) in [6.07, 6.45) is 0.998. The summed E-state index contributed by atoms with van der Waals surface area (Å²) in [5.74, 6) is 0.943. The Hall–Kier alpha value is -3.07. The number of phenolic OH excluding ortho intramolecular Hbond substituents is 1. The van der Waals surface area contributed by atoms with Crippen LogP contribution in [0.25, 0.3) is 11.3 Å². The summed E-state index contributed by atoms with van der Waals surface area (Å²) in [5, 5.41) is 25.6. The predicted molar refractivity (Wildman–Crippen MR) is 115 cm³/mol. The minimum atomic E-state index is 0.145. The molecule has 1 atom stereocenters. The van der Waals surface area contributed by atoms with E-state index in [1.807, 2.05) is 28.0 Å². The highest BCUT2D eigenvalue weighted by Crippen LogP contribution is 2.36. The molecule has 3 aliphatic heterocycles. The average molecular weight is 409 g/mol. The number of carbonyl (C=O) groups excluding carboxylic acids is 1. The van der Waals surface area contributed by atoms with Crippen LogP contribution in [0.15, 0.2) is 30.3 Å². The van der Waals surface area contributed by atoms with E-state index >= 15 is 0 Å². The van der Waals surface area contributed by atoms with E-state index in [2.05, 4.69) is 25.7 Å². The maximum atomic E-state index is 13.0. The van der Waals surface area contributed by atoms with E-state index in [-0.39, 0.29) is 17.8 Å². The summed E-state index contributed by atoms with van der Waals surface area (Å²) in [7, 11) is 0. The topological polar surface area (TPSA) is 96.9 Å². The third-order valence-electron chi connectivity index (χ3n) is 6.13. The van der Waals surface area contributed by atoms with E-state index in [1.165, 1.54) is 0 Å². The Morgan fingerprint density at radius 2 is 1.97 bits per heavy atom. The minimum absolute atomic E-state index is 0.145. The molecule has 2 aromatic rings. The van der Waals surface area contributed by atoms with Crippen molar-refractivity contribution in [3.63, 3.8) is 0 Å². The first-order valence-corrected chi connectivity index (χ1v) is 10.6. The summed E-state index contributed by atoms with van der Waals surface area (Å²) < 4.78 is 0. The molecular formula is C21H27N7O2. The zero-order valence-corrected chi connectivity index (χ0v) is 16.9. The van der Waals surface area contributed by atoms with E-state index in [9.17, 15) is 9.90 Å². The smallest absolute Gasteiger partial charge is 0.320 e. The number of piperazine rings is 1. The van der Waals surface area contributed by atoms with Gasteiger partial charge in [-0.05, 0) is 31.2 Å². The van der Waals surface area contributed by atoms with Gasteiger partial charge in [-0.2, -0.15) is 0 Å². The number of para-hydroxylation sites is 1. The molecule has 4 heterocycles. The number of amides is 2. The summed E-state index contributed by atoms with van der Waals surface area (Å²) >= 11 is 0. The van der Waals surface area contributed by atoms with Crippen LogP contribution in [0.1, 0.15) is 6.42 Å². The number of aromatic hydroxyl groups is 1. The SMILES string of the molecule is O=C(N1CCCNCC1)N1CCN2c3cc(-c4ccccc4O)nnc3NC[C@H]2C1. The number of benzene rings is 1. The zero-order valence-electron chi connectivity index (χ0n) is 16.9. The van der Waals surface area contributed by atoms with Gasteiger partial charge in [-0.3, -0.25) is 0 Å². The monoisotopic (exact) mass is 409 g/mol. The number of phenols is 1. The van der Waals surface area contributed by atoms with E-state index in [0.717, 1.165) is 57.2 Å². The lowest BCUT2D eigenvalue weighted by atomic mass is 10.1. The van der Waals surface area contributed by atoms with E-state index < -0.39 is 0 Å². The third-order valence-corrected chi connectivity index (χ3v) is 6.13. The molecule has 1 aromatic carbocycles. The molecule has 0 bridgehead atoms. The number of nitrogens with zero attached hydrogens (tertiary/aromatic N) is 5. The first kappa shape index (κ1) is 18.9. The van der Waals surface area contributed by atoms with Crippen LogP contribution in [-0.2, 0) is 0 Å². The van der Waals surface area contributed by atoms with E-state index in [1.54, 1.807) is 12.1 Å². The normalized spacial score (nSPS) is 21.3. The number of fused-ring (bicyclic) bond motifs is 3. The molecule has 5 rings (SSSR count). The molecule has 158 valence electrons. The van der Waals surface area contributed by atoms with Gasteiger partial charge < -0.3 is 30.4 Å². The molecular weight excluding hydrogens is 382 g/mol. The predicted octanol–water partition coefficient (Wildman–Crippen LogP) is 1.18. The van der Waals surface area contributed by atoms with Gasteiger partial charge in [-0.15, -0.1) is 10.2 Å². The number of nitrogens with one attached hydrogen (secondary N) is 2. The molecule has 0 aliphatic carbocycles. The Morgan fingerprint density at radius 1 is 1.07 bits per heavy atom. The molecule has 0 radical (unpaired) electrons. The molecule has 1 aromatic heterocycles. The second-order valence-corrected chi connectivity index (χ2v) is 8.03. The van der Waals surface area contributed by atoms with Gasteiger partial charge in [0.2, 0.25) is 0 Å². The fraction of sp³-hybridized carbons (Fsp3) is 0.476. The third kappa shape index (κ3) is 3.49. The molecule has 0 saturated carbocycles. The van der Waals surface area contributed by atoms with Crippen LogP contribution in [0.5, 0.6) is 5.75 Å². The highest BCUT2D eigenvalue weighted by atomic mass is 16.3. The van der Waals surface area contributed by atoms with E-state index in [0.29, 0.717) is 24.3 Å². The van der Waals surface area contributed by atoms with Gasteiger partial charge in [0.05, 0.1) is 17.4 Å². The zero-order chi connectivity index (χ0) is 20.5. The Morgan fingerprint density at radius 3 is 2.87 bits per heavy atom. The molecule has 9 nitrogen and oxygen atoms in total. The van der Waals surface area contributed by atoms with Crippen LogP contribution in [0, 0.1) is 0 Å². The van der Waals surface area contributed by atoms with Crippen LogP contribution in [0.3, 0.4) is 0 Å². The number of carbonyl (C=O) groups is 1. The Bertz CT molecular complexity index is 929. The Kier molecular flexibility index (Phi) is 5.04. The first-order chi connectivity index (χ1) is 14.7. The molecule has 3 aliphatic rings. The van der Waals surface area contributed by atoms with Crippen LogP contribution < -0.4 is 15.5 Å². The number of hydrogen-bond acceptors (Lipinski definition) is 7. The minimum Gasteiger partial charge on any atom is -0.507 e. The van der Waals surface area contributed by atoms with Crippen LogP contribution in [0.4, 0.5) is 16.3 Å². The summed E-state index contributed by atoms with van der Waals surface area (Å²) in [6.45, 7) is 6.27. The van der Waals surface area contributed by atoms with Crippen molar-refractivity contribution in [2.75, 3.05) is 62.6 Å². The summed E-state index contributed by atoms with van der Waals surface area (Å²) in [4.78, 5) is 19.3. The quantitative estimate of drug-likeness (QED) is 0.651. The van der Waals surface area contributed by atoms with Gasteiger partial charge >= 0.3 is 6.03 Å². The lowest BCUT2D eigenvalue weighted by Gasteiger charge is -2.46. The van der Waals surface area contributed by atoms with Crippen molar-refractivity contribution in [3.8, 4) is 17.0 Å². The van der Waals surface area contributed by atoms with Gasteiger partial charge in [0.15, 0.2) is 5.82 Å². The Balaban J connectivity index is 1.34. The van der Waals surface area contributed by atoms with Gasteiger partial charge in [-0.25, -0.2) is 4.79 Å². The first-order valence-electron chi connectivity index (χ1n) is 10.6. The fourth-order valence-electron chi connectivity index (χ4n) is 4.52. The maximum Gasteiger partial charge on any atom is 0.320 e. The number of urea groups is 1. The Labute approximate surface area is 175 Å². The van der Waals surface area contributed by atoms with Crippen molar-refractivity contribution in [2.45, 2.75) is 12.5 Å². The number of anilines is 2. The molecule has 2 fully saturated rings. The molecule has 3 N–H and O–H groups in total. The summed E-state index contributed by atoms with van der Waals surface area (Å²) in [5.41, 5.74) is 2.29. The molecule has 2 amide bonds. The van der Waals surface area contributed by atoms with Crippen molar-refractivity contribution in [3.05, 3.63) is 30.3 Å². The second kappa shape index (κ2) is 7.98. The van der Waals surface area contributed by atoms with Crippen LogP contribution in [-0.4, -0.2) is 89.5 Å². The molecule has 9 heteroatoms. The number of rotatable bonds is 1. The fourth-order valence-corrected chi connectivity index (χ4v) is 4.52. The van der Waals surface area contributed by atoms with E-state index in [4.69, 9.17) is 0 Å². The lowest BCUT2D eigenvalue weighted by Crippen LogP contribution is -2.61. The van der Waals surface area contributed by atoms with Gasteiger partial charge in [0.1, 0.15) is 5.75 Å². The van der Waals surface area contributed by atoms with Gasteiger partial charge in [0, 0.05) is 51.4 Å². The lowest BCUT2D eigenvalue weighted by molar-refractivity contribution is 0.145.